The summed E-state index contributed by atoms with van der Waals surface area (Å²) in [5.74, 6) is 0.389. The second kappa shape index (κ2) is 6.23. The highest BCUT2D eigenvalue weighted by Gasteiger charge is 2.44. The lowest BCUT2D eigenvalue weighted by Crippen LogP contribution is -2.31. The van der Waals surface area contributed by atoms with E-state index in [0.29, 0.717) is 22.9 Å². The molecule has 1 N–H and O–H groups in total. The third kappa shape index (κ3) is 2.75. The molecular formula is C20H17ClF3NO. The number of rotatable bonds is 2. The molecule has 2 aliphatic rings. The molecule has 3 atom stereocenters. The number of hydrogen-bond donors (Lipinski definition) is 1. The third-order valence-corrected chi connectivity index (χ3v) is 5.54. The summed E-state index contributed by atoms with van der Waals surface area (Å²) in [5.41, 5.74) is 0.988. The Hall–Kier alpha value is -2.14. The Labute approximate surface area is 154 Å². The van der Waals surface area contributed by atoms with Crippen molar-refractivity contribution in [3.8, 4) is 5.75 Å². The molecule has 0 amide bonds. The fourth-order valence-electron chi connectivity index (χ4n) is 4.09. The van der Waals surface area contributed by atoms with Crippen LogP contribution in [0.2, 0.25) is 5.02 Å². The molecule has 0 aromatic heterocycles. The monoisotopic (exact) mass is 379 g/mol. The zero-order valence-corrected chi connectivity index (χ0v) is 14.7. The Balaban J connectivity index is 1.86. The summed E-state index contributed by atoms with van der Waals surface area (Å²) in [6.07, 6.45) is 0.131. The van der Waals surface area contributed by atoms with E-state index in [9.17, 15) is 13.2 Å². The van der Waals surface area contributed by atoms with E-state index in [0.717, 1.165) is 11.6 Å². The van der Waals surface area contributed by atoms with E-state index in [-0.39, 0.29) is 23.4 Å². The van der Waals surface area contributed by atoms with E-state index in [1.807, 2.05) is 36.4 Å². The summed E-state index contributed by atoms with van der Waals surface area (Å²) >= 11 is 6.29. The van der Waals surface area contributed by atoms with Crippen LogP contribution in [0.15, 0.2) is 48.6 Å². The number of alkyl halides is 3. The SMILES string of the molecule is COc1cccc([C@@H]2Nc3c(Cl)ccc(C(F)(F)F)c3[C@H]3C=CC[C@@H]32)c1. The lowest BCUT2D eigenvalue weighted by atomic mass is 9.75. The zero-order valence-electron chi connectivity index (χ0n) is 14.0. The minimum Gasteiger partial charge on any atom is -0.497 e. The molecule has 0 saturated heterocycles. The van der Waals surface area contributed by atoms with E-state index in [2.05, 4.69) is 5.32 Å². The number of fused-ring (bicyclic) bond motifs is 3. The number of allylic oxidation sites excluding steroid dienone is 2. The molecule has 2 nitrogen and oxygen atoms in total. The molecule has 2 aromatic rings. The van der Waals surface area contributed by atoms with Crippen molar-refractivity contribution in [2.24, 2.45) is 5.92 Å². The summed E-state index contributed by atoms with van der Waals surface area (Å²) in [4.78, 5) is 0. The number of halogens is 4. The van der Waals surface area contributed by atoms with E-state index in [1.54, 1.807) is 7.11 Å². The van der Waals surface area contributed by atoms with Gasteiger partial charge in [-0.2, -0.15) is 13.2 Å². The number of methoxy groups -OCH3 is 1. The van der Waals surface area contributed by atoms with Crippen molar-refractivity contribution in [1.29, 1.82) is 0 Å². The molecule has 2 aromatic carbocycles. The van der Waals surface area contributed by atoms with Crippen molar-refractivity contribution >= 4 is 17.3 Å². The molecule has 0 spiro atoms. The maximum Gasteiger partial charge on any atom is 0.416 e. The summed E-state index contributed by atoms with van der Waals surface area (Å²) in [6, 6.07) is 9.87. The molecule has 1 aliphatic carbocycles. The first-order chi connectivity index (χ1) is 12.4. The molecule has 0 saturated carbocycles. The van der Waals surface area contributed by atoms with Gasteiger partial charge in [0.25, 0.3) is 0 Å². The van der Waals surface area contributed by atoms with Crippen molar-refractivity contribution in [2.45, 2.75) is 24.6 Å². The quantitative estimate of drug-likeness (QED) is 0.628. The van der Waals surface area contributed by atoms with Crippen LogP contribution in [0, 0.1) is 5.92 Å². The van der Waals surface area contributed by atoms with Crippen LogP contribution < -0.4 is 10.1 Å². The number of benzene rings is 2. The summed E-state index contributed by atoms with van der Waals surface area (Å²) < 4.78 is 46.0. The molecule has 0 radical (unpaired) electrons. The van der Waals surface area contributed by atoms with Gasteiger partial charge in [0, 0.05) is 5.92 Å². The highest BCUT2D eigenvalue weighted by atomic mass is 35.5. The highest BCUT2D eigenvalue weighted by molar-refractivity contribution is 6.33. The van der Waals surface area contributed by atoms with Crippen LogP contribution in [0.3, 0.4) is 0 Å². The maximum absolute atomic E-state index is 13.6. The molecular weight excluding hydrogens is 363 g/mol. The Morgan fingerprint density at radius 1 is 1.19 bits per heavy atom. The van der Waals surface area contributed by atoms with Crippen LogP contribution in [0.25, 0.3) is 0 Å². The van der Waals surface area contributed by atoms with Gasteiger partial charge in [0.2, 0.25) is 0 Å². The standard InChI is InChI=1S/C20H17ClF3NO/c1-26-12-5-2-4-11(10-12)18-14-7-3-6-13(14)17-15(20(22,23)24)8-9-16(21)19(17)25-18/h2-6,8-10,13-14,18,25H,7H2,1H3/t13-,14-,18-/m0/s1. The van der Waals surface area contributed by atoms with E-state index < -0.39 is 11.7 Å². The second-order valence-corrected chi connectivity index (χ2v) is 7.04. The predicted molar refractivity (Wildman–Crippen MR) is 95.8 cm³/mol. The number of hydrogen-bond acceptors (Lipinski definition) is 2. The first-order valence-electron chi connectivity index (χ1n) is 8.37. The fourth-order valence-corrected chi connectivity index (χ4v) is 4.31. The molecule has 1 aliphatic heterocycles. The maximum atomic E-state index is 13.6. The Morgan fingerprint density at radius 3 is 2.73 bits per heavy atom. The van der Waals surface area contributed by atoms with Crippen LogP contribution in [0.5, 0.6) is 5.75 Å². The number of anilines is 1. The van der Waals surface area contributed by atoms with Crippen molar-refractivity contribution in [2.75, 3.05) is 12.4 Å². The highest BCUT2D eigenvalue weighted by Crippen LogP contribution is 2.54. The number of ether oxygens (including phenoxy) is 1. The molecule has 4 rings (SSSR count). The van der Waals surface area contributed by atoms with Gasteiger partial charge in [-0.3, -0.25) is 0 Å². The fraction of sp³-hybridized carbons (Fsp3) is 0.300. The van der Waals surface area contributed by atoms with Crippen LogP contribution in [-0.4, -0.2) is 7.11 Å². The first-order valence-corrected chi connectivity index (χ1v) is 8.74. The number of nitrogens with one attached hydrogen (secondary N) is 1. The topological polar surface area (TPSA) is 21.3 Å². The minimum absolute atomic E-state index is 0.00540. The normalized spacial score (nSPS) is 24.0. The summed E-state index contributed by atoms with van der Waals surface area (Å²) in [5, 5.41) is 3.59. The van der Waals surface area contributed by atoms with Gasteiger partial charge in [-0.15, -0.1) is 0 Å². The van der Waals surface area contributed by atoms with Crippen molar-refractivity contribution < 1.29 is 17.9 Å². The van der Waals surface area contributed by atoms with Gasteiger partial charge in [-0.05, 0) is 47.7 Å². The average Bonchev–Trinajstić information content (AvgIpc) is 3.10. The first kappa shape index (κ1) is 17.3. The molecule has 136 valence electrons. The third-order valence-electron chi connectivity index (χ3n) is 5.23. The van der Waals surface area contributed by atoms with Crippen LogP contribution >= 0.6 is 11.6 Å². The Bertz CT molecular complexity index is 878. The largest absolute Gasteiger partial charge is 0.497 e. The van der Waals surface area contributed by atoms with E-state index in [4.69, 9.17) is 16.3 Å². The Kier molecular flexibility index (Phi) is 4.14. The molecule has 0 bridgehead atoms. The van der Waals surface area contributed by atoms with E-state index >= 15 is 0 Å². The lowest BCUT2D eigenvalue weighted by molar-refractivity contribution is -0.138. The van der Waals surface area contributed by atoms with Gasteiger partial charge < -0.3 is 10.1 Å². The van der Waals surface area contributed by atoms with Crippen molar-refractivity contribution in [3.63, 3.8) is 0 Å². The van der Waals surface area contributed by atoms with Crippen LogP contribution in [0.1, 0.15) is 35.1 Å². The molecule has 6 heteroatoms. The molecule has 0 fully saturated rings. The van der Waals surface area contributed by atoms with Crippen molar-refractivity contribution in [1.82, 2.24) is 0 Å². The van der Waals surface area contributed by atoms with Gasteiger partial charge in [0.05, 0.1) is 29.4 Å². The van der Waals surface area contributed by atoms with Gasteiger partial charge >= 0.3 is 6.18 Å². The summed E-state index contributed by atoms with van der Waals surface area (Å²) in [6.45, 7) is 0. The lowest BCUT2D eigenvalue weighted by Gasteiger charge is -2.39. The van der Waals surface area contributed by atoms with Crippen molar-refractivity contribution in [3.05, 3.63) is 70.3 Å². The predicted octanol–water partition coefficient (Wildman–Crippen LogP) is 6.19. The Morgan fingerprint density at radius 2 is 2.00 bits per heavy atom. The molecule has 1 heterocycles. The van der Waals surface area contributed by atoms with Gasteiger partial charge in [-0.1, -0.05) is 35.9 Å². The second-order valence-electron chi connectivity index (χ2n) is 6.63. The van der Waals surface area contributed by atoms with Crippen LogP contribution in [0.4, 0.5) is 18.9 Å². The minimum atomic E-state index is -4.42. The van der Waals surface area contributed by atoms with Gasteiger partial charge in [-0.25, -0.2) is 0 Å². The van der Waals surface area contributed by atoms with E-state index in [1.165, 1.54) is 6.07 Å². The van der Waals surface area contributed by atoms with Gasteiger partial charge in [0.1, 0.15) is 5.75 Å². The average molecular weight is 380 g/mol. The summed E-state index contributed by atoms with van der Waals surface area (Å²) in [7, 11) is 1.59. The van der Waals surface area contributed by atoms with Gasteiger partial charge in [0.15, 0.2) is 0 Å². The smallest absolute Gasteiger partial charge is 0.416 e. The zero-order chi connectivity index (χ0) is 18.5. The molecule has 26 heavy (non-hydrogen) atoms. The molecule has 0 unspecified atom stereocenters. The van der Waals surface area contributed by atoms with Crippen LogP contribution in [-0.2, 0) is 6.18 Å².